The van der Waals surface area contributed by atoms with Crippen molar-refractivity contribution in [1.82, 2.24) is 4.98 Å². The molecule has 0 unspecified atom stereocenters. The minimum absolute atomic E-state index is 0.0529. The van der Waals surface area contributed by atoms with Crippen LogP contribution in [-0.4, -0.2) is 36.8 Å². The number of hydrogen-bond donors (Lipinski definition) is 1. The molecular weight excluding hydrogens is 246 g/mol. The summed E-state index contributed by atoms with van der Waals surface area (Å²) in [5.41, 5.74) is 0.232. The standard InChI is InChI=1S/C9H11N3O4S/c1-5(13)10-9-11-6(4-17-9)7(12-16-3)8(14)15-2/h4H,1-3H3,(H,10,11,13). The number of rotatable bonds is 4. The molecule has 0 aliphatic carbocycles. The van der Waals surface area contributed by atoms with Gasteiger partial charge in [0.2, 0.25) is 11.6 Å². The molecule has 1 N–H and O–H groups in total. The third-order valence-electron chi connectivity index (χ3n) is 1.59. The molecule has 7 nitrogen and oxygen atoms in total. The van der Waals surface area contributed by atoms with Crippen LogP contribution in [0.5, 0.6) is 0 Å². The van der Waals surface area contributed by atoms with Gasteiger partial charge in [-0.15, -0.1) is 11.3 Å². The van der Waals surface area contributed by atoms with Gasteiger partial charge in [-0.1, -0.05) is 5.16 Å². The number of carbonyl (C=O) groups is 2. The number of carbonyl (C=O) groups excluding carboxylic acids is 2. The summed E-state index contributed by atoms with van der Waals surface area (Å²) in [4.78, 5) is 30.7. The van der Waals surface area contributed by atoms with E-state index in [1.54, 1.807) is 5.38 Å². The van der Waals surface area contributed by atoms with Gasteiger partial charge in [0.05, 0.1) is 7.11 Å². The van der Waals surface area contributed by atoms with Crippen molar-refractivity contribution in [3.05, 3.63) is 11.1 Å². The molecule has 0 saturated heterocycles. The summed E-state index contributed by atoms with van der Waals surface area (Å²) >= 11 is 1.17. The largest absolute Gasteiger partial charge is 0.464 e. The zero-order valence-electron chi connectivity index (χ0n) is 9.51. The Morgan fingerprint density at radius 1 is 1.47 bits per heavy atom. The molecule has 8 heteroatoms. The molecular formula is C9H11N3O4S. The lowest BCUT2D eigenvalue weighted by atomic mass is 10.3. The second kappa shape index (κ2) is 5.94. The Labute approximate surface area is 101 Å². The van der Waals surface area contributed by atoms with E-state index in [9.17, 15) is 9.59 Å². The average molecular weight is 257 g/mol. The van der Waals surface area contributed by atoms with Gasteiger partial charge in [0.25, 0.3) is 0 Å². The van der Waals surface area contributed by atoms with Crippen LogP contribution in [0.15, 0.2) is 10.5 Å². The van der Waals surface area contributed by atoms with Crippen molar-refractivity contribution >= 4 is 34.1 Å². The molecule has 0 aliphatic heterocycles. The normalized spacial score (nSPS) is 10.9. The molecule has 0 spiro atoms. The Hall–Kier alpha value is -1.96. The van der Waals surface area contributed by atoms with Gasteiger partial charge in [-0.25, -0.2) is 9.78 Å². The summed E-state index contributed by atoms with van der Waals surface area (Å²) in [7, 11) is 2.54. The molecule has 1 rings (SSSR count). The molecule has 1 amide bonds. The van der Waals surface area contributed by atoms with E-state index in [0.29, 0.717) is 5.13 Å². The van der Waals surface area contributed by atoms with Crippen LogP contribution in [0.2, 0.25) is 0 Å². The van der Waals surface area contributed by atoms with Gasteiger partial charge >= 0.3 is 5.97 Å². The first-order valence-electron chi connectivity index (χ1n) is 4.51. The number of amides is 1. The second-order valence-electron chi connectivity index (χ2n) is 2.83. The van der Waals surface area contributed by atoms with E-state index < -0.39 is 5.97 Å². The highest BCUT2D eigenvalue weighted by molar-refractivity contribution is 7.14. The maximum absolute atomic E-state index is 11.4. The summed E-state index contributed by atoms with van der Waals surface area (Å²) in [6, 6.07) is 0. The number of methoxy groups -OCH3 is 1. The lowest BCUT2D eigenvalue weighted by molar-refractivity contribution is -0.132. The first-order valence-corrected chi connectivity index (χ1v) is 5.39. The van der Waals surface area contributed by atoms with Gasteiger partial charge in [0.1, 0.15) is 12.8 Å². The Morgan fingerprint density at radius 2 is 2.18 bits per heavy atom. The van der Waals surface area contributed by atoms with Crippen LogP contribution in [0.4, 0.5) is 5.13 Å². The van der Waals surface area contributed by atoms with Gasteiger partial charge in [-0.05, 0) is 0 Å². The number of aromatic nitrogens is 1. The smallest absolute Gasteiger partial charge is 0.362 e. The van der Waals surface area contributed by atoms with Crippen molar-refractivity contribution in [1.29, 1.82) is 0 Å². The molecule has 1 aromatic heterocycles. The van der Waals surface area contributed by atoms with Crippen LogP contribution in [-0.2, 0) is 19.2 Å². The molecule has 92 valence electrons. The number of oxime groups is 1. The van der Waals surface area contributed by atoms with E-state index in [2.05, 4.69) is 25.0 Å². The summed E-state index contributed by atoms with van der Waals surface area (Å²) < 4.78 is 4.54. The van der Waals surface area contributed by atoms with E-state index in [1.807, 2.05) is 0 Å². The number of hydrogen-bond acceptors (Lipinski definition) is 7. The molecule has 0 aromatic carbocycles. The van der Waals surface area contributed by atoms with E-state index in [0.717, 1.165) is 0 Å². The molecule has 0 saturated carbocycles. The predicted octanol–water partition coefficient (Wildman–Crippen LogP) is 0.625. The quantitative estimate of drug-likeness (QED) is 0.485. The van der Waals surface area contributed by atoms with Crippen molar-refractivity contribution < 1.29 is 19.2 Å². The van der Waals surface area contributed by atoms with Crippen molar-refractivity contribution in [3.63, 3.8) is 0 Å². The number of anilines is 1. The lowest BCUT2D eigenvalue weighted by Gasteiger charge is -1.99. The molecule has 0 atom stereocenters. The first kappa shape index (κ1) is 13.1. The Bertz CT molecular complexity index is 455. The van der Waals surface area contributed by atoms with E-state index >= 15 is 0 Å². The molecule has 0 bridgehead atoms. The van der Waals surface area contributed by atoms with Gasteiger partial charge < -0.3 is 14.9 Å². The van der Waals surface area contributed by atoms with Crippen LogP contribution in [0.1, 0.15) is 12.6 Å². The van der Waals surface area contributed by atoms with Crippen molar-refractivity contribution in [2.45, 2.75) is 6.92 Å². The zero-order valence-corrected chi connectivity index (χ0v) is 10.3. The molecule has 0 aliphatic rings. The molecule has 1 aromatic rings. The predicted molar refractivity (Wildman–Crippen MR) is 62.0 cm³/mol. The Balaban J connectivity index is 2.96. The highest BCUT2D eigenvalue weighted by Crippen LogP contribution is 2.16. The van der Waals surface area contributed by atoms with Gasteiger partial charge in [0, 0.05) is 12.3 Å². The van der Waals surface area contributed by atoms with Crippen LogP contribution >= 0.6 is 11.3 Å². The van der Waals surface area contributed by atoms with Crippen LogP contribution in [0.25, 0.3) is 0 Å². The van der Waals surface area contributed by atoms with Gasteiger partial charge in [-0.2, -0.15) is 0 Å². The van der Waals surface area contributed by atoms with Gasteiger partial charge in [0.15, 0.2) is 5.13 Å². The number of esters is 1. The lowest BCUT2D eigenvalue weighted by Crippen LogP contribution is -2.18. The average Bonchev–Trinajstić information content (AvgIpc) is 2.72. The highest BCUT2D eigenvalue weighted by Gasteiger charge is 2.19. The van der Waals surface area contributed by atoms with Crippen molar-refractivity contribution in [2.75, 3.05) is 19.5 Å². The van der Waals surface area contributed by atoms with Crippen LogP contribution < -0.4 is 5.32 Å². The van der Waals surface area contributed by atoms with Crippen LogP contribution in [0, 0.1) is 0 Å². The first-order chi connectivity index (χ1) is 8.08. The fourth-order valence-electron chi connectivity index (χ4n) is 0.967. The molecule has 1 heterocycles. The van der Waals surface area contributed by atoms with E-state index in [1.165, 1.54) is 32.5 Å². The Kier molecular flexibility index (Phi) is 4.58. The minimum atomic E-state index is -0.661. The summed E-state index contributed by atoms with van der Waals surface area (Å²) in [5, 5.41) is 7.98. The van der Waals surface area contributed by atoms with Crippen molar-refractivity contribution in [2.24, 2.45) is 5.16 Å². The van der Waals surface area contributed by atoms with E-state index in [4.69, 9.17) is 0 Å². The topological polar surface area (TPSA) is 89.9 Å². The fourth-order valence-corrected chi connectivity index (χ4v) is 1.71. The van der Waals surface area contributed by atoms with Crippen LogP contribution in [0.3, 0.4) is 0 Å². The Morgan fingerprint density at radius 3 is 2.71 bits per heavy atom. The number of nitrogens with zero attached hydrogens (tertiary/aromatic N) is 2. The van der Waals surface area contributed by atoms with E-state index in [-0.39, 0.29) is 17.3 Å². The van der Waals surface area contributed by atoms with Crippen molar-refractivity contribution in [3.8, 4) is 0 Å². The molecule has 17 heavy (non-hydrogen) atoms. The fraction of sp³-hybridized carbons (Fsp3) is 0.333. The molecule has 0 fully saturated rings. The maximum atomic E-state index is 11.4. The third-order valence-corrected chi connectivity index (χ3v) is 2.35. The number of nitrogens with one attached hydrogen (secondary N) is 1. The SMILES string of the molecule is CON=C(C(=O)OC)c1csc(NC(C)=O)n1. The summed E-state index contributed by atoms with van der Waals surface area (Å²) in [6.07, 6.45) is 0. The second-order valence-corrected chi connectivity index (χ2v) is 3.69. The summed E-state index contributed by atoms with van der Waals surface area (Å²) in [5.74, 6) is -0.902. The third kappa shape index (κ3) is 3.52. The number of ether oxygens (including phenoxy) is 1. The zero-order chi connectivity index (χ0) is 12.8. The highest BCUT2D eigenvalue weighted by atomic mass is 32.1. The maximum Gasteiger partial charge on any atom is 0.362 e. The molecule has 0 radical (unpaired) electrons. The van der Waals surface area contributed by atoms with Gasteiger partial charge in [-0.3, -0.25) is 4.79 Å². The number of thiazole rings is 1. The summed E-state index contributed by atoms with van der Waals surface area (Å²) in [6.45, 7) is 1.37. The minimum Gasteiger partial charge on any atom is -0.464 e. The monoisotopic (exact) mass is 257 g/mol.